The molecule has 0 saturated carbocycles. The van der Waals surface area contributed by atoms with Gasteiger partial charge in [0.15, 0.2) is 5.75 Å². The highest BCUT2D eigenvalue weighted by molar-refractivity contribution is 5.65. The van der Waals surface area contributed by atoms with Crippen molar-refractivity contribution in [3.05, 3.63) is 63.7 Å². The van der Waals surface area contributed by atoms with E-state index in [0.717, 1.165) is 5.56 Å². The first kappa shape index (κ1) is 17.3. The van der Waals surface area contributed by atoms with Crippen LogP contribution in [0.15, 0.2) is 42.5 Å². The van der Waals surface area contributed by atoms with Crippen LogP contribution in [0.3, 0.4) is 0 Å². The van der Waals surface area contributed by atoms with Gasteiger partial charge in [0, 0.05) is 13.0 Å². The number of carbonyl (C=O) groups excluding carboxylic acids is 1. The third kappa shape index (κ3) is 4.22. The van der Waals surface area contributed by atoms with Crippen molar-refractivity contribution in [3.63, 3.8) is 0 Å². The molecular formula is C17H17NO6. The van der Waals surface area contributed by atoms with E-state index in [-0.39, 0.29) is 23.8 Å². The van der Waals surface area contributed by atoms with Gasteiger partial charge in [-0.1, -0.05) is 37.3 Å². The molecule has 0 unspecified atom stereocenters. The molecule has 0 atom stereocenters. The summed E-state index contributed by atoms with van der Waals surface area (Å²) in [6, 6.07) is 12.0. The molecular weight excluding hydrogens is 314 g/mol. The summed E-state index contributed by atoms with van der Waals surface area (Å²) in [5.74, 6) is -0.333. The third-order valence-corrected chi connectivity index (χ3v) is 3.22. The second-order valence-electron chi connectivity index (χ2n) is 4.93. The van der Waals surface area contributed by atoms with Gasteiger partial charge in [-0.15, -0.1) is 0 Å². The van der Waals surface area contributed by atoms with Crippen LogP contribution >= 0.6 is 0 Å². The minimum atomic E-state index is -0.639. The molecule has 7 heteroatoms. The topological polar surface area (TPSA) is 87.9 Å². The minimum absolute atomic E-state index is 0.0734. The van der Waals surface area contributed by atoms with E-state index in [1.807, 2.05) is 30.3 Å². The summed E-state index contributed by atoms with van der Waals surface area (Å²) < 4.78 is 5.75. The maximum atomic E-state index is 11.2. The van der Waals surface area contributed by atoms with Crippen molar-refractivity contribution >= 4 is 11.7 Å². The number of hydrogen-bond donors (Lipinski definition) is 0. The highest BCUT2D eigenvalue weighted by Crippen LogP contribution is 2.38. The fourth-order valence-electron chi connectivity index (χ4n) is 2.17. The van der Waals surface area contributed by atoms with Crippen LogP contribution in [0.5, 0.6) is 11.5 Å². The molecule has 0 spiro atoms. The molecule has 0 aliphatic heterocycles. The van der Waals surface area contributed by atoms with Crippen molar-refractivity contribution < 1.29 is 24.2 Å². The van der Waals surface area contributed by atoms with E-state index in [9.17, 15) is 14.9 Å². The van der Waals surface area contributed by atoms with Crippen LogP contribution in [0.1, 0.15) is 25.0 Å². The second kappa shape index (κ2) is 7.96. The van der Waals surface area contributed by atoms with Crippen molar-refractivity contribution in [2.45, 2.75) is 26.9 Å². The zero-order chi connectivity index (χ0) is 17.5. The first-order valence-electron chi connectivity index (χ1n) is 7.35. The zero-order valence-electron chi connectivity index (χ0n) is 13.4. The highest BCUT2D eigenvalue weighted by Gasteiger charge is 2.23. The summed E-state index contributed by atoms with van der Waals surface area (Å²) in [4.78, 5) is 31.2. The Hall–Kier alpha value is -3.09. The van der Waals surface area contributed by atoms with E-state index in [4.69, 9.17) is 9.62 Å². The fraction of sp³-hybridized carbons (Fsp3) is 0.235. The number of nitro benzene ring substituents is 1. The third-order valence-electron chi connectivity index (χ3n) is 3.22. The molecule has 0 amide bonds. The van der Waals surface area contributed by atoms with Crippen molar-refractivity contribution in [2.75, 3.05) is 0 Å². The summed E-state index contributed by atoms with van der Waals surface area (Å²) in [6.45, 7) is 3.16. The molecule has 2 aromatic carbocycles. The normalized spacial score (nSPS) is 10.1. The fourth-order valence-corrected chi connectivity index (χ4v) is 2.17. The number of rotatable bonds is 7. The second-order valence-corrected chi connectivity index (χ2v) is 4.93. The maximum absolute atomic E-state index is 11.2. The Balaban J connectivity index is 2.36. The van der Waals surface area contributed by atoms with Gasteiger partial charge in [0.2, 0.25) is 5.75 Å². The molecule has 7 nitrogen and oxygen atoms in total. The molecule has 2 aromatic rings. The van der Waals surface area contributed by atoms with E-state index < -0.39 is 10.9 Å². The molecule has 0 aliphatic carbocycles. The smallest absolute Gasteiger partial charge is 0.352 e. The lowest BCUT2D eigenvalue weighted by molar-refractivity contribution is -0.385. The predicted octanol–water partition coefficient (Wildman–Crippen LogP) is 3.59. The SMILES string of the molecule is CCc1c([N+](=O)[O-])ccc(OOC(C)=O)c1OCc1ccccc1. The largest absolute Gasteiger partial charge is 0.484 e. The van der Waals surface area contributed by atoms with Gasteiger partial charge in [-0.25, -0.2) is 4.79 Å². The van der Waals surface area contributed by atoms with E-state index in [2.05, 4.69) is 4.89 Å². The number of carbonyl (C=O) groups is 1. The van der Waals surface area contributed by atoms with Gasteiger partial charge in [-0.3, -0.25) is 19.9 Å². The van der Waals surface area contributed by atoms with Crippen molar-refractivity contribution in [2.24, 2.45) is 0 Å². The van der Waals surface area contributed by atoms with Crippen molar-refractivity contribution in [1.29, 1.82) is 0 Å². The van der Waals surface area contributed by atoms with Crippen LogP contribution in [-0.4, -0.2) is 10.9 Å². The Morgan fingerprint density at radius 1 is 1.17 bits per heavy atom. The quantitative estimate of drug-likeness (QED) is 0.438. The Morgan fingerprint density at radius 2 is 1.88 bits per heavy atom. The van der Waals surface area contributed by atoms with Crippen LogP contribution in [0, 0.1) is 10.1 Å². The van der Waals surface area contributed by atoms with E-state index in [1.165, 1.54) is 19.1 Å². The first-order chi connectivity index (χ1) is 11.5. The summed E-state index contributed by atoms with van der Waals surface area (Å²) in [7, 11) is 0. The standard InChI is InChI=1S/C17H17NO6/c1-3-14-15(18(20)21)9-10-16(24-23-12(2)19)17(14)22-11-13-7-5-4-6-8-13/h4-10H,3,11H2,1-2H3. The lowest BCUT2D eigenvalue weighted by Gasteiger charge is -2.14. The van der Waals surface area contributed by atoms with Crippen LogP contribution in [0.4, 0.5) is 5.69 Å². The van der Waals surface area contributed by atoms with Crippen molar-refractivity contribution in [3.8, 4) is 11.5 Å². The van der Waals surface area contributed by atoms with Crippen molar-refractivity contribution in [1.82, 2.24) is 0 Å². The Morgan fingerprint density at radius 3 is 2.46 bits per heavy atom. The predicted molar refractivity (Wildman–Crippen MR) is 85.6 cm³/mol. The molecule has 0 bridgehead atoms. The molecule has 0 heterocycles. The lowest BCUT2D eigenvalue weighted by atomic mass is 10.1. The molecule has 0 fully saturated rings. The maximum Gasteiger partial charge on any atom is 0.352 e. The monoisotopic (exact) mass is 331 g/mol. The molecule has 0 saturated heterocycles. The number of benzene rings is 2. The molecule has 0 aliphatic rings. The molecule has 126 valence electrons. The Labute approximate surface area is 138 Å². The summed E-state index contributed by atoms with van der Waals surface area (Å²) >= 11 is 0. The van der Waals surface area contributed by atoms with Crippen LogP contribution < -0.4 is 9.62 Å². The van der Waals surface area contributed by atoms with Gasteiger partial charge in [0.1, 0.15) is 6.61 Å². The van der Waals surface area contributed by atoms with E-state index >= 15 is 0 Å². The molecule has 24 heavy (non-hydrogen) atoms. The highest BCUT2D eigenvalue weighted by atomic mass is 17.2. The minimum Gasteiger partial charge on any atom is -0.484 e. The average Bonchev–Trinajstić information content (AvgIpc) is 2.58. The van der Waals surface area contributed by atoms with Gasteiger partial charge in [0.25, 0.3) is 5.69 Å². The average molecular weight is 331 g/mol. The summed E-state index contributed by atoms with van der Waals surface area (Å²) in [5.41, 5.74) is 1.20. The summed E-state index contributed by atoms with van der Waals surface area (Å²) in [6.07, 6.45) is 0.359. The number of ether oxygens (including phenoxy) is 1. The Kier molecular flexibility index (Phi) is 5.73. The number of hydrogen-bond acceptors (Lipinski definition) is 6. The van der Waals surface area contributed by atoms with Gasteiger partial charge < -0.3 is 4.74 Å². The van der Waals surface area contributed by atoms with Crippen LogP contribution in [0.2, 0.25) is 0 Å². The first-order valence-corrected chi connectivity index (χ1v) is 7.35. The number of nitrogens with zero attached hydrogens (tertiary/aromatic N) is 1. The molecule has 0 radical (unpaired) electrons. The number of nitro groups is 1. The summed E-state index contributed by atoms with van der Waals surface area (Å²) in [5, 5.41) is 11.2. The Bertz CT molecular complexity index is 729. The van der Waals surface area contributed by atoms with Gasteiger partial charge in [0.05, 0.1) is 10.5 Å². The molecule has 0 N–H and O–H groups in total. The van der Waals surface area contributed by atoms with Crippen LogP contribution in [-0.2, 0) is 22.7 Å². The zero-order valence-corrected chi connectivity index (χ0v) is 13.4. The molecule has 0 aromatic heterocycles. The van der Waals surface area contributed by atoms with Gasteiger partial charge in [-0.2, -0.15) is 0 Å². The van der Waals surface area contributed by atoms with E-state index in [0.29, 0.717) is 12.0 Å². The lowest BCUT2D eigenvalue weighted by Crippen LogP contribution is -2.07. The molecule has 2 rings (SSSR count). The van der Waals surface area contributed by atoms with E-state index in [1.54, 1.807) is 6.92 Å². The van der Waals surface area contributed by atoms with Gasteiger partial charge >= 0.3 is 5.97 Å². The van der Waals surface area contributed by atoms with Gasteiger partial charge in [-0.05, 0) is 18.1 Å². The van der Waals surface area contributed by atoms with Crippen LogP contribution in [0.25, 0.3) is 0 Å².